The Kier molecular flexibility index (Phi) is 5.78. The molecule has 1 aromatic carbocycles. The molecule has 0 fully saturated rings. The molecule has 26 heavy (non-hydrogen) atoms. The van der Waals surface area contributed by atoms with E-state index in [0.29, 0.717) is 5.75 Å². The Bertz CT molecular complexity index is 873. The predicted octanol–water partition coefficient (Wildman–Crippen LogP) is 3.84. The summed E-state index contributed by atoms with van der Waals surface area (Å²) in [5, 5.41) is 12.3. The number of furan rings is 1. The Morgan fingerprint density at radius 2 is 2.04 bits per heavy atom. The highest BCUT2D eigenvalue weighted by Crippen LogP contribution is 2.27. The van der Waals surface area contributed by atoms with Crippen LogP contribution in [-0.4, -0.2) is 26.4 Å². The molecule has 0 bridgehead atoms. The molecule has 3 aromatic rings. The summed E-state index contributed by atoms with van der Waals surface area (Å²) >= 11 is 1.39. The van der Waals surface area contributed by atoms with Gasteiger partial charge in [0.05, 0.1) is 23.6 Å². The minimum absolute atomic E-state index is 0.0296. The predicted molar refractivity (Wildman–Crippen MR) is 102 cm³/mol. The zero-order valence-corrected chi connectivity index (χ0v) is 15.9. The van der Waals surface area contributed by atoms with Crippen molar-refractivity contribution in [2.75, 3.05) is 5.75 Å². The van der Waals surface area contributed by atoms with Crippen LogP contribution in [0.25, 0.3) is 11.4 Å². The largest absolute Gasteiger partial charge is 0.469 e. The highest BCUT2D eigenvalue weighted by molar-refractivity contribution is 7.99. The van der Waals surface area contributed by atoms with Crippen molar-refractivity contribution in [2.24, 2.45) is 0 Å². The molecule has 0 aliphatic carbocycles. The van der Waals surface area contributed by atoms with E-state index >= 15 is 0 Å². The van der Waals surface area contributed by atoms with Crippen LogP contribution in [0.5, 0.6) is 0 Å². The van der Waals surface area contributed by atoms with Gasteiger partial charge < -0.3 is 14.3 Å². The summed E-state index contributed by atoms with van der Waals surface area (Å²) in [7, 11) is 0. The number of carbonyl (C=O) groups is 1. The van der Waals surface area contributed by atoms with Crippen LogP contribution < -0.4 is 5.32 Å². The maximum absolute atomic E-state index is 12.3. The van der Waals surface area contributed by atoms with Gasteiger partial charge in [-0.3, -0.25) is 4.79 Å². The number of aryl methyl sites for hydroxylation is 1. The number of nitrogens with one attached hydrogen (secondary N) is 1. The molecule has 7 heteroatoms. The van der Waals surface area contributed by atoms with Crippen LogP contribution in [0, 0.1) is 6.92 Å². The van der Waals surface area contributed by atoms with Crippen LogP contribution in [0.1, 0.15) is 31.2 Å². The standard InChI is InChI=1S/C19H22N4O2S/c1-4-23-18(16-10-11-25-14(16)3)21-22-19(23)26-12-17(24)20-13(2)15-8-6-5-7-9-15/h5-11,13H,4,12H2,1-3H3,(H,20,24)/t13-/m0/s1. The summed E-state index contributed by atoms with van der Waals surface area (Å²) in [4.78, 5) is 12.3. The van der Waals surface area contributed by atoms with Gasteiger partial charge in [-0.1, -0.05) is 42.1 Å². The van der Waals surface area contributed by atoms with Crippen LogP contribution in [0.2, 0.25) is 0 Å². The fraction of sp³-hybridized carbons (Fsp3) is 0.316. The number of benzene rings is 1. The average Bonchev–Trinajstić information content (AvgIpc) is 3.25. The van der Waals surface area contributed by atoms with Crippen molar-refractivity contribution in [2.45, 2.75) is 38.5 Å². The van der Waals surface area contributed by atoms with Gasteiger partial charge in [-0.15, -0.1) is 10.2 Å². The van der Waals surface area contributed by atoms with Gasteiger partial charge in [0.15, 0.2) is 11.0 Å². The third-order valence-electron chi connectivity index (χ3n) is 4.14. The number of carbonyl (C=O) groups excluding carboxylic acids is 1. The number of hydrogen-bond acceptors (Lipinski definition) is 5. The van der Waals surface area contributed by atoms with E-state index in [-0.39, 0.29) is 11.9 Å². The Labute approximate surface area is 157 Å². The first-order valence-corrected chi connectivity index (χ1v) is 9.53. The van der Waals surface area contributed by atoms with Crippen molar-refractivity contribution >= 4 is 17.7 Å². The van der Waals surface area contributed by atoms with Crippen molar-refractivity contribution in [3.63, 3.8) is 0 Å². The molecule has 1 N–H and O–H groups in total. The second-order valence-electron chi connectivity index (χ2n) is 5.93. The lowest BCUT2D eigenvalue weighted by molar-refractivity contribution is -0.119. The van der Waals surface area contributed by atoms with E-state index in [2.05, 4.69) is 15.5 Å². The number of hydrogen-bond donors (Lipinski definition) is 1. The van der Waals surface area contributed by atoms with Crippen LogP contribution >= 0.6 is 11.8 Å². The summed E-state index contributed by atoms with van der Waals surface area (Å²) in [5.74, 6) is 1.83. The van der Waals surface area contributed by atoms with E-state index in [4.69, 9.17) is 4.42 Å². The molecule has 0 saturated carbocycles. The summed E-state index contributed by atoms with van der Waals surface area (Å²) in [6, 6.07) is 11.8. The van der Waals surface area contributed by atoms with E-state index in [1.165, 1.54) is 11.8 Å². The zero-order valence-electron chi connectivity index (χ0n) is 15.1. The van der Waals surface area contributed by atoms with Crippen molar-refractivity contribution in [3.05, 3.63) is 54.0 Å². The number of thioether (sulfide) groups is 1. The lowest BCUT2D eigenvalue weighted by Gasteiger charge is -2.14. The van der Waals surface area contributed by atoms with Gasteiger partial charge in [0.25, 0.3) is 0 Å². The minimum Gasteiger partial charge on any atom is -0.469 e. The molecule has 0 aliphatic heterocycles. The van der Waals surface area contributed by atoms with E-state index in [9.17, 15) is 4.79 Å². The lowest BCUT2D eigenvalue weighted by atomic mass is 10.1. The molecule has 0 unspecified atom stereocenters. The maximum atomic E-state index is 12.3. The summed E-state index contributed by atoms with van der Waals surface area (Å²) in [5.41, 5.74) is 2.01. The number of amides is 1. The molecule has 2 heterocycles. The average molecular weight is 370 g/mol. The van der Waals surface area contributed by atoms with E-state index in [1.54, 1.807) is 6.26 Å². The van der Waals surface area contributed by atoms with Crippen molar-refractivity contribution in [1.29, 1.82) is 0 Å². The summed E-state index contributed by atoms with van der Waals surface area (Å²) in [6.07, 6.45) is 1.64. The Morgan fingerprint density at radius 1 is 1.27 bits per heavy atom. The molecule has 1 atom stereocenters. The second-order valence-corrected chi connectivity index (χ2v) is 6.87. The zero-order chi connectivity index (χ0) is 18.5. The first kappa shape index (κ1) is 18.3. The van der Waals surface area contributed by atoms with E-state index in [1.807, 2.05) is 61.7 Å². The fourth-order valence-corrected chi connectivity index (χ4v) is 3.55. The van der Waals surface area contributed by atoms with Crippen LogP contribution in [0.15, 0.2) is 52.2 Å². The van der Waals surface area contributed by atoms with Gasteiger partial charge in [0.2, 0.25) is 5.91 Å². The molecule has 0 spiro atoms. The summed E-state index contributed by atoms with van der Waals surface area (Å²) < 4.78 is 7.36. The second kappa shape index (κ2) is 8.23. The first-order chi connectivity index (χ1) is 12.6. The van der Waals surface area contributed by atoms with E-state index < -0.39 is 0 Å². The minimum atomic E-state index is -0.0301. The molecule has 2 aromatic heterocycles. The number of nitrogens with zero attached hydrogens (tertiary/aromatic N) is 3. The highest BCUT2D eigenvalue weighted by Gasteiger charge is 2.17. The quantitative estimate of drug-likeness (QED) is 0.640. The Balaban J connectivity index is 1.64. The molecular formula is C19H22N4O2S. The van der Waals surface area contributed by atoms with Gasteiger partial charge in [-0.05, 0) is 32.4 Å². The van der Waals surface area contributed by atoms with Gasteiger partial charge in [0.1, 0.15) is 5.76 Å². The monoisotopic (exact) mass is 370 g/mol. The molecule has 136 valence electrons. The Hall–Kier alpha value is -2.54. The van der Waals surface area contributed by atoms with Crippen LogP contribution in [0.4, 0.5) is 0 Å². The molecule has 3 rings (SSSR count). The number of aromatic nitrogens is 3. The molecule has 1 amide bonds. The Morgan fingerprint density at radius 3 is 2.69 bits per heavy atom. The van der Waals surface area contributed by atoms with Crippen LogP contribution in [0.3, 0.4) is 0 Å². The molecule has 0 saturated heterocycles. The molecule has 6 nitrogen and oxygen atoms in total. The lowest BCUT2D eigenvalue weighted by Crippen LogP contribution is -2.28. The molecule has 0 radical (unpaired) electrons. The SMILES string of the molecule is CCn1c(SCC(=O)N[C@@H](C)c2ccccc2)nnc1-c1ccoc1C. The third kappa shape index (κ3) is 3.99. The van der Waals surface area contributed by atoms with Crippen molar-refractivity contribution < 1.29 is 9.21 Å². The first-order valence-electron chi connectivity index (χ1n) is 8.55. The maximum Gasteiger partial charge on any atom is 0.230 e. The molecular weight excluding hydrogens is 348 g/mol. The topological polar surface area (TPSA) is 73.0 Å². The molecule has 0 aliphatic rings. The fourth-order valence-electron chi connectivity index (χ4n) is 2.74. The normalized spacial score (nSPS) is 12.1. The third-order valence-corrected chi connectivity index (χ3v) is 5.11. The van der Waals surface area contributed by atoms with Gasteiger partial charge >= 0.3 is 0 Å². The number of rotatable bonds is 7. The smallest absolute Gasteiger partial charge is 0.230 e. The van der Waals surface area contributed by atoms with Gasteiger partial charge in [-0.2, -0.15) is 0 Å². The van der Waals surface area contributed by atoms with E-state index in [0.717, 1.165) is 34.4 Å². The van der Waals surface area contributed by atoms with Crippen molar-refractivity contribution in [3.8, 4) is 11.4 Å². The summed E-state index contributed by atoms with van der Waals surface area (Å²) in [6.45, 7) is 6.63. The van der Waals surface area contributed by atoms with Crippen molar-refractivity contribution in [1.82, 2.24) is 20.1 Å². The van der Waals surface area contributed by atoms with Crippen LogP contribution in [-0.2, 0) is 11.3 Å². The van der Waals surface area contributed by atoms with Gasteiger partial charge in [-0.25, -0.2) is 0 Å². The highest BCUT2D eigenvalue weighted by atomic mass is 32.2. The van der Waals surface area contributed by atoms with Gasteiger partial charge in [0, 0.05) is 6.54 Å².